The summed E-state index contributed by atoms with van der Waals surface area (Å²) in [6.45, 7) is 0. The first kappa shape index (κ1) is 12.5. The Kier molecular flexibility index (Phi) is 3.55. The molecule has 1 unspecified atom stereocenters. The van der Waals surface area contributed by atoms with Gasteiger partial charge in [0.25, 0.3) is 5.69 Å². The molecule has 0 radical (unpaired) electrons. The highest BCUT2D eigenvalue weighted by atomic mass is 19.1. The van der Waals surface area contributed by atoms with Crippen molar-refractivity contribution >= 4 is 11.4 Å². The molecule has 1 aromatic carbocycles. The van der Waals surface area contributed by atoms with E-state index < -0.39 is 22.2 Å². The van der Waals surface area contributed by atoms with Gasteiger partial charge in [-0.3, -0.25) is 10.1 Å². The smallest absolute Gasteiger partial charge is 0.275 e. The van der Waals surface area contributed by atoms with Gasteiger partial charge in [-0.25, -0.2) is 8.78 Å². The van der Waals surface area contributed by atoms with E-state index in [-0.39, 0.29) is 11.7 Å². The zero-order valence-corrected chi connectivity index (χ0v) is 9.53. The van der Waals surface area contributed by atoms with Gasteiger partial charge in [0.05, 0.1) is 17.1 Å². The van der Waals surface area contributed by atoms with Crippen LogP contribution in [0.5, 0.6) is 0 Å². The van der Waals surface area contributed by atoms with Crippen molar-refractivity contribution in [3.05, 3.63) is 46.0 Å². The molecule has 0 aromatic heterocycles. The van der Waals surface area contributed by atoms with Crippen molar-refractivity contribution < 1.29 is 13.7 Å². The van der Waals surface area contributed by atoms with Gasteiger partial charge in [-0.05, 0) is 19.3 Å². The van der Waals surface area contributed by atoms with Crippen molar-refractivity contribution in [1.82, 2.24) is 0 Å². The summed E-state index contributed by atoms with van der Waals surface area (Å²) in [4.78, 5) is 9.63. The number of nitro groups is 1. The number of hydrogen-bond acceptors (Lipinski definition) is 3. The van der Waals surface area contributed by atoms with Gasteiger partial charge >= 0.3 is 0 Å². The average Bonchev–Trinajstić information content (AvgIpc) is 2.34. The van der Waals surface area contributed by atoms with E-state index in [1.54, 1.807) is 0 Å². The lowest BCUT2D eigenvalue weighted by Crippen LogP contribution is -2.21. The van der Waals surface area contributed by atoms with Crippen molar-refractivity contribution in [1.29, 1.82) is 0 Å². The molecule has 0 amide bonds. The summed E-state index contributed by atoms with van der Waals surface area (Å²) >= 11 is 0. The fourth-order valence-corrected chi connectivity index (χ4v) is 1.93. The Hall–Kier alpha value is -1.98. The number of non-ortho nitro benzene ring substituents is 1. The number of hydrogen-bond donors (Lipinski definition) is 1. The van der Waals surface area contributed by atoms with Crippen LogP contribution in [0.15, 0.2) is 24.3 Å². The molecule has 0 fully saturated rings. The molecule has 0 aliphatic heterocycles. The lowest BCUT2D eigenvalue weighted by Gasteiger charge is -2.21. The molecular formula is C12H12F2N2O2. The summed E-state index contributed by atoms with van der Waals surface area (Å²) in [7, 11) is 0. The molecule has 4 nitrogen and oxygen atoms in total. The van der Waals surface area contributed by atoms with Crippen LogP contribution in [0.4, 0.5) is 20.2 Å². The molecule has 0 bridgehead atoms. The van der Waals surface area contributed by atoms with E-state index in [4.69, 9.17) is 0 Å². The number of rotatable bonds is 3. The first-order chi connectivity index (χ1) is 8.58. The fourth-order valence-electron chi connectivity index (χ4n) is 1.93. The Morgan fingerprint density at radius 2 is 1.94 bits per heavy atom. The molecule has 6 heteroatoms. The number of nitrogens with one attached hydrogen (secondary N) is 1. The standard InChI is InChI=1S/C12H12F2N2O2/c13-10-6-9(16(17)18)7-11(14)12(10)15-8-4-2-1-3-5-8/h1-2,6-8,15H,3-5H2. The second-order valence-corrected chi connectivity index (χ2v) is 4.17. The molecule has 0 heterocycles. The minimum Gasteiger partial charge on any atom is -0.377 e. The maximum Gasteiger partial charge on any atom is 0.275 e. The third-order valence-electron chi connectivity index (χ3n) is 2.86. The highest BCUT2D eigenvalue weighted by Crippen LogP contribution is 2.27. The van der Waals surface area contributed by atoms with Crippen LogP contribution in [0.25, 0.3) is 0 Å². The maximum absolute atomic E-state index is 13.6. The van der Waals surface area contributed by atoms with E-state index in [1.807, 2.05) is 12.2 Å². The van der Waals surface area contributed by atoms with Crippen molar-refractivity contribution in [3.63, 3.8) is 0 Å². The predicted molar refractivity (Wildman–Crippen MR) is 63.4 cm³/mol. The van der Waals surface area contributed by atoms with Gasteiger partial charge in [0.15, 0.2) is 11.6 Å². The van der Waals surface area contributed by atoms with Crippen molar-refractivity contribution in [2.45, 2.75) is 25.3 Å². The lowest BCUT2D eigenvalue weighted by molar-refractivity contribution is -0.385. The number of halogens is 2. The SMILES string of the molecule is O=[N+]([O-])c1cc(F)c(NC2CC=CCC2)c(F)c1. The summed E-state index contributed by atoms with van der Waals surface area (Å²) in [5, 5.41) is 13.2. The molecule has 96 valence electrons. The van der Waals surface area contributed by atoms with Gasteiger partial charge in [-0.15, -0.1) is 0 Å². The van der Waals surface area contributed by atoms with E-state index >= 15 is 0 Å². The molecule has 0 saturated carbocycles. The summed E-state index contributed by atoms with van der Waals surface area (Å²) in [5.41, 5.74) is -0.875. The topological polar surface area (TPSA) is 55.2 Å². The number of nitrogens with zero attached hydrogens (tertiary/aromatic N) is 1. The molecule has 1 aliphatic carbocycles. The minimum atomic E-state index is -0.934. The second kappa shape index (κ2) is 5.12. The summed E-state index contributed by atoms with van der Waals surface area (Å²) in [6, 6.07) is 1.41. The van der Waals surface area contributed by atoms with Crippen LogP contribution in [0.2, 0.25) is 0 Å². The number of nitro benzene ring substituents is 1. The van der Waals surface area contributed by atoms with Crippen LogP contribution >= 0.6 is 0 Å². The summed E-state index contributed by atoms with van der Waals surface area (Å²) in [6.07, 6.45) is 6.29. The molecular weight excluding hydrogens is 242 g/mol. The molecule has 2 rings (SSSR count). The van der Waals surface area contributed by atoms with E-state index in [1.165, 1.54) is 0 Å². The zero-order valence-electron chi connectivity index (χ0n) is 9.53. The minimum absolute atomic E-state index is 0.0412. The van der Waals surface area contributed by atoms with Gasteiger partial charge in [-0.1, -0.05) is 12.2 Å². The Morgan fingerprint density at radius 3 is 2.44 bits per heavy atom. The number of allylic oxidation sites excluding steroid dienone is 1. The van der Waals surface area contributed by atoms with Gasteiger partial charge in [-0.2, -0.15) is 0 Å². The molecule has 0 saturated heterocycles. The van der Waals surface area contributed by atoms with Crippen molar-refractivity contribution in [2.24, 2.45) is 0 Å². The van der Waals surface area contributed by atoms with Crippen LogP contribution in [0.3, 0.4) is 0 Å². The van der Waals surface area contributed by atoms with Crippen LogP contribution in [-0.4, -0.2) is 11.0 Å². The molecule has 1 aliphatic rings. The monoisotopic (exact) mass is 254 g/mol. The van der Waals surface area contributed by atoms with Gasteiger partial charge in [0.2, 0.25) is 0 Å². The lowest BCUT2D eigenvalue weighted by atomic mass is 10.0. The fraction of sp³-hybridized carbons (Fsp3) is 0.333. The Morgan fingerprint density at radius 1 is 1.28 bits per heavy atom. The normalized spacial score (nSPS) is 18.7. The van der Waals surface area contributed by atoms with Crippen LogP contribution in [0.1, 0.15) is 19.3 Å². The molecule has 0 spiro atoms. The summed E-state index contributed by atoms with van der Waals surface area (Å²) in [5.74, 6) is -1.87. The Balaban J connectivity index is 2.22. The van der Waals surface area contributed by atoms with Crippen LogP contribution < -0.4 is 5.32 Å². The van der Waals surface area contributed by atoms with E-state index in [0.717, 1.165) is 25.0 Å². The zero-order chi connectivity index (χ0) is 13.1. The third-order valence-corrected chi connectivity index (χ3v) is 2.86. The second-order valence-electron chi connectivity index (χ2n) is 4.17. The van der Waals surface area contributed by atoms with Crippen molar-refractivity contribution in [2.75, 3.05) is 5.32 Å². The van der Waals surface area contributed by atoms with E-state index in [2.05, 4.69) is 5.32 Å². The summed E-state index contributed by atoms with van der Waals surface area (Å²) < 4.78 is 27.2. The molecule has 18 heavy (non-hydrogen) atoms. The molecule has 1 atom stereocenters. The van der Waals surface area contributed by atoms with Gasteiger partial charge in [0, 0.05) is 6.04 Å². The van der Waals surface area contributed by atoms with Gasteiger partial charge < -0.3 is 5.32 Å². The number of benzene rings is 1. The predicted octanol–water partition coefficient (Wildman–Crippen LogP) is 3.39. The first-order valence-electron chi connectivity index (χ1n) is 5.63. The average molecular weight is 254 g/mol. The highest BCUT2D eigenvalue weighted by Gasteiger charge is 2.19. The maximum atomic E-state index is 13.6. The highest BCUT2D eigenvalue weighted by molar-refractivity contribution is 5.52. The molecule has 1 N–H and O–H groups in total. The van der Waals surface area contributed by atoms with Crippen molar-refractivity contribution in [3.8, 4) is 0 Å². The van der Waals surface area contributed by atoms with E-state index in [9.17, 15) is 18.9 Å². The largest absolute Gasteiger partial charge is 0.377 e. The number of anilines is 1. The molecule has 1 aromatic rings. The third kappa shape index (κ3) is 2.64. The Bertz CT molecular complexity index is 480. The first-order valence-corrected chi connectivity index (χ1v) is 5.63. The quantitative estimate of drug-likeness (QED) is 0.511. The van der Waals surface area contributed by atoms with E-state index in [0.29, 0.717) is 6.42 Å². The van der Waals surface area contributed by atoms with Crippen LogP contribution in [0, 0.1) is 21.7 Å². The van der Waals surface area contributed by atoms with Gasteiger partial charge in [0.1, 0.15) is 5.69 Å². The van der Waals surface area contributed by atoms with Crippen LogP contribution in [-0.2, 0) is 0 Å². The Labute approximate surface area is 102 Å².